The van der Waals surface area contributed by atoms with E-state index in [1.165, 1.54) is 39.9 Å². The Balaban J connectivity index is 2.32. The lowest BCUT2D eigenvalue weighted by Gasteiger charge is -2.38. The predicted molar refractivity (Wildman–Crippen MR) is 82.7 cm³/mol. The second-order valence-corrected chi connectivity index (χ2v) is 7.80. The van der Waals surface area contributed by atoms with Crippen LogP contribution in [0.3, 0.4) is 0 Å². The third kappa shape index (κ3) is 2.91. The van der Waals surface area contributed by atoms with Crippen molar-refractivity contribution < 1.29 is 0 Å². The van der Waals surface area contributed by atoms with Crippen molar-refractivity contribution in [2.75, 3.05) is 11.5 Å². The van der Waals surface area contributed by atoms with Gasteiger partial charge in [0.05, 0.1) is 11.2 Å². The smallest absolute Gasteiger partial charge is 0.113 e. The highest BCUT2D eigenvalue weighted by atomic mass is 32.2. The van der Waals surface area contributed by atoms with Gasteiger partial charge in [0.15, 0.2) is 0 Å². The van der Waals surface area contributed by atoms with E-state index in [0.717, 1.165) is 6.42 Å². The first-order valence-corrected chi connectivity index (χ1v) is 8.87. The first-order valence-electron chi connectivity index (χ1n) is 6.89. The van der Waals surface area contributed by atoms with Gasteiger partial charge in [-0.3, -0.25) is 0 Å². The van der Waals surface area contributed by atoms with Crippen LogP contribution in [0.4, 0.5) is 0 Å². The van der Waals surface area contributed by atoms with Gasteiger partial charge in [0, 0.05) is 10.9 Å². The number of rotatable bonds is 4. The number of aromatic nitrogens is 1. The molecule has 4 heteroatoms. The van der Waals surface area contributed by atoms with Crippen LogP contribution in [0.25, 0.3) is 0 Å². The number of thiazole rings is 1. The molecule has 102 valence electrons. The van der Waals surface area contributed by atoms with E-state index >= 15 is 0 Å². The SMILES string of the molecule is CCc1nc(C2(NC(C)C)CCSCC2)sc1C. The Morgan fingerprint density at radius 2 is 2.00 bits per heavy atom. The number of nitrogens with one attached hydrogen (secondary N) is 1. The van der Waals surface area contributed by atoms with E-state index in [0.29, 0.717) is 6.04 Å². The highest BCUT2D eigenvalue weighted by Crippen LogP contribution is 2.39. The van der Waals surface area contributed by atoms with Crippen molar-refractivity contribution in [1.29, 1.82) is 0 Å². The van der Waals surface area contributed by atoms with Crippen LogP contribution >= 0.6 is 23.1 Å². The molecule has 2 nitrogen and oxygen atoms in total. The summed E-state index contributed by atoms with van der Waals surface area (Å²) in [5.74, 6) is 2.50. The van der Waals surface area contributed by atoms with E-state index in [4.69, 9.17) is 4.98 Å². The van der Waals surface area contributed by atoms with Crippen molar-refractivity contribution in [2.24, 2.45) is 0 Å². The van der Waals surface area contributed by atoms with E-state index in [1.54, 1.807) is 0 Å². The third-order valence-corrected chi connectivity index (χ3v) is 5.75. The molecule has 0 unspecified atom stereocenters. The zero-order valence-corrected chi connectivity index (χ0v) is 13.5. The molecule has 1 saturated heterocycles. The van der Waals surface area contributed by atoms with Gasteiger partial charge in [0.2, 0.25) is 0 Å². The average molecular weight is 284 g/mol. The second kappa shape index (κ2) is 5.93. The molecule has 2 rings (SSSR count). The van der Waals surface area contributed by atoms with Gasteiger partial charge in [-0.05, 0) is 51.5 Å². The molecule has 1 aliphatic heterocycles. The average Bonchev–Trinajstić information content (AvgIpc) is 2.71. The number of hydrogen-bond acceptors (Lipinski definition) is 4. The molecule has 0 aromatic carbocycles. The molecule has 2 heterocycles. The minimum atomic E-state index is 0.141. The Hall–Kier alpha value is -0.0600. The standard InChI is InChI=1S/C14H24N2S2/c1-5-12-11(4)18-13(15-12)14(16-10(2)3)6-8-17-9-7-14/h10,16H,5-9H2,1-4H3. The summed E-state index contributed by atoms with van der Waals surface area (Å²) in [6.07, 6.45) is 3.48. The van der Waals surface area contributed by atoms with Gasteiger partial charge in [-0.2, -0.15) is 11.8 Å². The molecule has 18 heavy (non-hydrogen) atoms. The first-order chi connectivity index (χ1) is 8.57. The summed E-state index contributed by atoms with van der Waals surface area (Å²) in [7, 11) is 0. The highest BCUT2D eigenvalue weighted by molar-refractivity contribution is 7.99. The molecular formula is C14H24N2S2. The van der Waals surface area contributed by atoms with Crippen molar-refractivity contribution in [3.05, 3.63) is 15.6 Å². The fourth-order valence-corrected chi connectivity index (χ4v) is 5.05. The summed E-state index contributed by atoms with van der Waals surface area (Å²) >= 11 is 3.98. The molecule has 1 aliphatic rings. The molecule has 0 atom stereocenters. The summed E-state index contributed by atoms with van der Waals surface area (Å²) in [5.41, 5.74) is 1.43. The molecule has 0 bridgehead atoms. The van der Waals surface area contributed by atoms with Crippen molar-refractivity contribution in [3.63, 3.8) is 0 Å². The van der Waals surface area contributed by atoms with Crippen LogP contribution in [-0.2, 0) is 12.0 Å². The summed E-state index contributed by atoms with van der Waals surface area (Å²) in [6, 6.07) is 0.516. The normalized spacial score (nSPS) is 19.4. The van der Waals surface area contributed by atoms with Crippen LogP contribution in [0.15, 0.2) is 0 Å². The Morgan fingerprint density at radius 1 is 1.33 bits per heavy atom. The highest BCUT2D eigenvalue weighted by Gasteiger charge is 2.37. The molecule has 0 radical (unpaired) electrons. The van der Waals surface area contributed by atoms with Gasteiger partial charge in [-0.15, -0.1) is 11.3 Å². The van der Waals surface area contributed by atoms with Crippen LogP contribution in [0.1, 0.15) is 49.2 Å². The Kier molecular flexibility index (Phi) is 4.73. The van der Waals surface area contributed by atoms with E-state index in [2.05, 4.69) is 44.8 Å². The number of nitrogens with zero attached hydrogens (tertiary/aromatic N) is 1. The monoisotopic (exact) mass is 284 g/mol. The molecule has 0 saturated carbocycles. The van der Waals surface area contributed by atoms with E-state index in [1.807, 2.05) is 11.3 Å². The lowest BCUT2D eigenvalue weighted by Crippen LogP contribution is -2.48. The van der Waals surface area contributed by atoms with Gasteiger partial charge in [0.1, 0.15) is 5.01 Å². The summed E-state index contributed by atoms with van der Waals surface area (Å²) < 4.78 is 0. The predicted octanol–water partition coefficient (Wildman–Crippen LogP) is 3.73. The summed E-state index contributed by atoms with van der Waals surface area (Å²) in [6.45, 7) is 8.89. The van der Waals surface area contributed by atoms with Crippen LogP contribution in [0.5, 0.6) is 0 Å². The molecule has 1 fully saturated rings. The van der Waals surface area contributed by atoms with Crippen LogP contribution < -0.4 is 5.32 Å². The van der Waals surface area contributed by atoms with Gasteiger partial charge < -0.3 is 5.32 Å². The molecule has 1 aromatic rings. The number of hydrogen-bond donors (Lipinski definition) is 1. The third-order valence-electron chi connectivity index (χ3n) is 3.55. The topological polar surface area (TPSA) is 24.9 Å². The Labute approximate surface area is 119 Å². The van der Waals surface area contributed by atoms with Crippen molar-refractivity contribution >= 4 is 23.1 Å². The molecule has 1 aromatic heterocycles. The molecule has 1 N–H and O–H groups in total. The quantitative estimate of drug-likeness (QED) is 0.912. The van der Waals surface area contributed by atoms with Crippen LogP contribution in [-0.4, -0.2) is 22.5 Å². The fraction of sp³-hybridized carbons (Fsp3) is 0.786. The maximum atomic E-state index is 4.92. The van der Waals surface area contributed by atoms with Crippen molar-refractivity contribution in [2.45, 2.75) is 58.5 Å². The number of thioether (sulfide) groups is 1. The summed E-state index contributed by atoms with van der Waals surface area (Å²) in [4.78, 5) is 6.32. The van der Waals surface area contributed by atoms with E-state index in [-0.39, 0.29) is 5.54 Å². The molecular weight excluding hydrogens is 260 g/mol. The van der Waals surface area contributed by atoms with Crippen molar-refractivity contribution in [1.82, 2.24) is 10.3 Å². The largest absolute Gasteiger partial charge is 0.303 e. The second-order valence-electron chi connectivity index (χ2n) is 5.37. The van der Waals surface area contributed by atoms with Gasteiger partial charge in [-0.25, -0.2) is 4.98 Å². The minimum absolute atomic E-state index is 0.141. The minimum Gasteiger partial charge on any atom is -0.303 e. The van der Waals surface area contributed by atoms with Gasteiger partial charge >= 0.3 is 0 Å². The molecule has 0 aliphatic carbocycles. The lowest BCUT2D eigenvalue weighted by molar-refractivity contribution is 0.280. The zero-order chi connectivity index (χ0) is 13.2. The lowest BCUT2D eigenvalue weighted by atomic mass is 9.92. The number of aryl methyl sites for hydroxylation is 2. The summed E-state index contributed by atoms with van der Waals surface area (Å²) in [5, 5.41) is 5.14. The maximum Gasteiger partial charge on any atom is 0.113 e. The maximum absolute atomic E-state index is 4.92. The van der Waals surface area contributed by atoms with Crippen LogP contribution in [0.2, 0.25) is 0 Å². The van der Waals surface area contributed by atoms with E-state index < -0.39 is 0 Å². The molecule has 0 spiro atoms. The van der Waals surface area contributed by atoms with Crippen molar-refractivity contribution in [3.8, 4) is 0 Å². The fourth-order valence-electron chi connectivity index (χ4n) is 2.65. The van der Waals surface area contributed by atoms with Crippen LogP contribution in [0, 0.1) is 6.92 Å². The van der Waals surface area contributed by atoms with Gasteiger partial charge in [-0.1, -0.05) is 6.92 Å². The zero-order valence-electron chi connectivity index (χ0n) is 11.9. The molecule has 0 amide bonds. The van der Waals surface area contributed by atoms with E-state index in [9.17, 15) is 0 Å². The Morgan fingerprint density at radius 3 is 2.50 bits per heavy atom. The Bertz CT molecular complexity index is 392. The van der Waals surface area contributed by atoms with Gasteiger partial charge in [0.25, 0.3) is 0 Å². The first kappa shape index (κ1) is 14.4.